The molecular weight excluding hydrogens is 392 g/mol. The van der Waals surface area contributed by atoms with Gasteiger partial charge in [0.2, 0.25) is 0 Å². The smallest absolute Gasteiger partial charge is 0.251 e. The number of ether oxygens (including phenoxy) is 3. The minimum absolute atomic E-state index is 0. The van der Waals surface area contributed by atoms with Crippen LogP contribution in [0.3, 0.4) is 0 Å². The summed E-state index contributed by atoms with van der Waals surface area (Å²) in [5.41, 5.74) is 6.72. The van der Waals surface area contributed by atoms with Crippen molar-refractivity contribution < 1.29 is 19.0 Å². The summed E-state index contributed by atoms with van der Waals surface area (Å²) in [4.78, 5) is 14.0. The standard InChI is InChI=1S/C22H28N2O4.ClH/c1-24(22(25)21-12-11-20(15-23)28-21)13-14-26-18-7-9-19(10-8-18)27-16-17-5-3-2-4-6-17;/h2-10,20-21H,11-16,23H2,1H3;1H/t20-,21+;/m1./s1. The molecule has 3 rings (SSSR count). The first-order chi connectivity index (χ1) is 13.7. The van der Waals surface area contributed by atoms with Crippen molar-refractivity contribution in [2.24, 2.45) is 5.73 Å². The zero-order valence-corrected chi connectivity index (χ0v) is 17.5. The van der Waals surface area contributed by atoms with Crippen LogP contribution in [-0.2, 0) is 16.1 Å². The highest BCUT2D eigenvalue weighted by molar-refractivity contribution is 5.85. The minimum Gasteiger partial charge on any atom is -0.492 e. The fourth-order valence-corrected chi connectivity index (χ4v) is 3.09. The number of hydrogen-bond donors (Lipinski definition) is 1. The van der Waals surface area contributed by atoms with E-state index < -0.39 is 0 Å². The van der Waals surface area contributed by atoms with Crippen LogP contribution in [0.5, 0.6) is 11.5 Å². The van der Waals surface area contributed by atoms with Gasteiger partial charge >= 0.3 is 0 Å². The fourth-order valence-electron chi connectivity index (χ4n) is 3.09. The van der Waals surface area contributed by atoms with Crippen LogP contribution in [0.15, 0.2) is 54.6 Å². The van der Waals surface area contributed by atoms with Crippen molar-refractivity contribution in [1.82, 2.24) is 4.90 Å². The van der Waals surface area contributed by atoms with Crippen LogP contribution < -0.4 is 15.2 Å². The molecule has 0 unspecified atom stereocenters. The topological polar surface area (TPSA) is 74.0 Å². The number of carbonyl (C=O) groups is 1. The molecule has 158 valence electrons. The van der Waals surface area contributed by atoms with Crippen LogP contribution in [0.2, 0.25) is 0 Å². The molecule has 0 aromatic heterocycles. The number of amides is 1. The fraction of sp³-hybridized carbons (Fsp3) is 0.409. The highest BCUT2D eigenvalue weighted by atomic mass is 35.5. The van der Waals surface area contributed by atoms with Gasteiger partial charge in [-0.25, -0.2) is 0 Å². The number of benzene rings is 2. The van der Waals surface area contributed by atoms with Gasteiger partial charge in [-0.05, 0) is 42.7 Å². The zero-order valence-electron chi connectivity index (χ0n) is 16.7. The summed E-state index contributed by atoms with van der Waals surface area (Å²) in [7, 11) is 1.77. The van der Waals surface area contributed by atoms with Gasteiger partial charge in [-0.15, -0.1) is 12.4 Å². The van der Waals surface area contributed by atoms with Crippen molar-refractivity contribution in [1.29, 1.82) is 0 Å². The molecule has 0 bridgehead atoms. The van der Waals surface area contributed by atoms with Crippen molar-refractivity contribution in [3.05, 3.63) is 60.2 Å². The van der Waals surface area contributed by atoms with Gasteiger partial charge in [0.15, 0.2) is 0 Å². The SMILES string of the molecule is CN(CCOc1ccc(OCc2ccccc2)cc1)C(=O)[C@@H]1CC[C@H](CN)O1.Cl. The number of rotatable bonds is 9. The van der Waals surface area contributed by atoms with E-state index in [1.807, 2.05) is 54.6 Å². The second-order valence-electron chi connectivity index (χ2n) is 6.91. The maximum atomic E-state index is 12.4. The Hall–Kier alpha value is -2.28. The first-order valence-electron chi connectivity index (χ1n) is 9.66. The van der Waals surface area contributed by atoms with E-state index in [4.69, 9.17) is 19.9 Å². The van der Waals surface area contributed by atoms with E-state index in [0.29, 0.717) is 26.3 Å². The number of carbonyl (C=O) groups excluding carboxylic acids is 1. The Morgan fingerprint density at radius 2 is 1.72 bits per heavy atom. The van der Waals surface area contributed by atoms with Gasteiger partial charge in [-0.1, -0.05) is 30.3 Å². The monoisotopic (exact) mass is 420 g/mol. The molecule has 0 radical (unpaired) electrons. The molecule has 1 saturated heterocycles. The van der Waals surface area contributed by atoms with Crippen molar-refractivity contribution in [3.8, 4) is 11.5 Å². The van der Waals surface area contributed by atoms with E-state index in [1.54, 1.807) is 11.9 Å². The van der Waals surface area contributed by atoms with Crippen LogP contribution >= 0.6 is 12.4 Å². The van der Waals surface area contributed by atoms with E-state index in [2.05, 4.69) is 0 Å². The number of halogens is 1. The normalized spacial score (nSPS) is 18.0. The van der Waals surface area contributed by atoms with Crippen LogP contribution in [-0.4, -0.2) is 49.8 Å². The molecule has 2 aromatic carbocycles. The predicted molar refractivity (Wildman–Crippen MR) is 115 cm³/mol. The molecule has 6 nitrogen and oxygen atoms in total. The molecule has 1 aliphatic rings. The highest BCUT2D eigenvalue weighted by Crippen LogP contribution is 2.21. The second-order valence-corrected chi connectivity index (χ2v) is 6.91. The first-order valence-corrected chi connectivity index (χ1v) is 9.66. The van der Waals surface area contributed by atoms with Gasteiger partial charge in [0, 0.05) is 13.6 Å². The van der Waals surface area contributed by atoms with Gasteiger partial charge < -0.3 is 24.8 Å². The Morgan fingerprint density at radius 1 is 1.07 bits per heavy atom. The largest absolute Gasteiger partial charge is 0.492 e. The number of nitrogens with zero attached hydrogens (tertiary/aromatic N) is 1. The molecule has 0 spiro atoms. The number of hydrogen-bond acceptors (Lipinski definition) is 5. The maximum absolute atomic E-state index is 12.4. The Balaban J connectivity index is 0.00000300. The molecule has 1 amide bonds. The molecule has 0 aliphatic carbocycles. The molecule has 2 aromatic rings. The average molecular weight is 421 g/mol. The average Bonchev–Trinajstić information content (AvgIpc) is 3.22. The third-order valence-electron chi connectivity index (χ3n) is 4.79. The Bertz CT molecular complexity index is 742. The molecular formula is C22H29ClN2O4. The van der Waals surface area contributed by atoms with E-state index in [1.165, 1.54) is 0 Å². The van der Waals surface area contributed by atoms with E-state index >= 15 is 0 Å². The first kappa shape index (κ1) is 23.0. The molecule has 1 aliphatic heterocycles. The van der Waals surface area contributed by atoms with E-state index in [-0.39, 0.29) is 30.5 Å². The summed E-state index contributed by atoms with van der Waals surface area (Å²) in [6.07, 6.45) is 1.20. The predicted octanol–water partition coefficient (Wildman–Crippen LogP) is 3.03. The van der Waals surface area contributed by atoms with Crippen LogP contribution in [0.4, 0.5) is 0 Å². The zero-order chi connectivity index (χ0) is 19.8. The third kappa shape index (κ3) is 6.92. The minimum atomic E-state index is -0.375. The Kier molecular flexibility index (Phi) is 9.25. The van der Waals surface area contributed by atoms with Crippen molar-refractivity contribution >= 4 is 18.3 Å². The number of likely N-dealkylation sites (N-methyl/N-ethyl adjacent to an activating group) is 1. The molecule has 0 saturated carbocycles. The van der Waals surface area contributed by atoms with Crippen LogP contribution in [0.1, 0.15) is 18.4 Å². The summed E-state index contributed by atoms with van der Waals surface area (Å²) in [5, 5.41) is 0. The molecule has 29 heavy (non-hydrogen) atoms. The van der Waals surface area contributed by atoms with E-state index in [0.717, 1.165) is 29.9 Å². The van der Waals surface area contributed by atoms with Gasteiger partial charge in [0.25, 0.3) is 5.91 Å². The lowest BCUT2D eigenvalue weighted by molar-refractivity contribution is -0.141. The molecule has 2 atom stereocenters. The lowest BCUT2D eigenvalue weighted by Crippen LogP contribution is -2.39. The van der Waals surface area contributed by atoms with Gasteiger partial charge in [-0.3, -0.25) is 4.79 Å². The summed E-state index contributed by atoms with van der Waals surface area (Å²) >= 11 is 0. The van der Waals surface area contributed by atoms with Gasteiger partial charge in [0.1, 0.15) is 30.8 Å². The van der Waals surface area contributed by atoms with Crippen molar-refractivity contribution in [3.63, 3.8) is 0 Å². The lowest BCUT2D eigenvalue weighted by Gasteiger charge is -2.21. The van der Waals surface area contributed by atoms with Crippen LogP contribution in [0, 0.1) is 0 Å². The highest BCUT2D eigenvalue weighted by Gasteiger charge is 2.31. The molecule has 7 heteroatoms. The Morgan fingerprint density at radius 3 is 2.34 bits per heavy atom. The van der Waals surface area contributed by atoms with Gasteiger partial charge in [0.05, 0.1) is 12.6 Å². The van der Waals surface area contributed by atoms with Crippen molar-refractivity contribution in [2.75, 3.05) is 26.7 Å². The summed E-state index contributed by atoms with van der Waals surface area (Å²) in [5.74, 6) is 1.52. The van der Waals surface area contributed by atoms with E-state index in [9.17, 15) is 4.79 Å². The molecule has 1 heterocycles. The number of nitrogens with two attached hydrogens (primary N) is 1. The molecule has 1 fully saturated rings. The Labute approximate surface area is 178 Å². The summed E-state index contributed by atoms with van der Waals surface area (Å²) in [6, 6.07) is 17.5. The lowest BCUT2D eigenvalue weighted by atomic mass is 10.2. The quantitative estimate of drug-likeness (QED) is 0.675. The summed E-state index contributed by atoms with van der Waals surface area (Å²) in [6.45, 7) is 1.90. The molecule has 2 N–H and O–H groups in total. The van der Waals surface area contributed by atoms with Gasteiger partial charge in [-0.2, -0.15) is 0 Å². The van der Waals surface area contributed by atoms with Crippen LogP contribution in [0.25, 0.3) is 0 Å². The van der Waals surface area contributed by atoms with Crippen molar-refractivity contribution in [2.45, 2.75) is 31.7 Å². The maximum Gasteiger partial charge on any atom is 0.251 e. The third-order valence-corrected chi connectivity index (χ3v) is 4.79. The second kappa shape index (κ2) is 11.7. The summed E-state index contributed by atoms with van der Waals surface area (Å²) < 4.78 is 17.2.